The molecular weight excluding hydrogens is 329 g/mol. The summed E-state index contributed by atoms with van der Waals surface area (Å²) in [6, 6.07) is 4.53. The predicted molar refractivity (Wildman–Crippen MR) is 99.5 cm³/mol. The summed E-state index contributed by atoms with van der Waals surface area (Å²) in [5.41, 5.74) is 0.655. The lowest BCUT2D eigenvalue weighted by molar-refractivity contribution is 0.143. The minimum atomic E-state index is -0.322. The third kappa shape index (κ3) is 7.05. The average Bonchev–Trinajstić information content (AvgIpc) is 2.53. The van der Waals surface area contributed by atoms with E-state index >= 15 is 0 Å². The average molecular weight is 358 g/mol. The number of halogens is 2. The molecule has 0 unspecified atom stereocenters. The first-order valence-corrected chi connectivity index (χ1v) is 8.76. The molecule has 1 aromatic carbocycles. The molecule has 0 bridgehead atoms. The van der Waals surface area contributed by atoms with Crippen LogP contribution in [-0.4, -0.2) is 39.3 Å². The lowest BCUT2D eigenvalue weighted by Crippen LogP contribution is -2.43. The normalized spacial score (nSPS) is 12.3. The van der Waals surface area contributed by atoms with E-state index in [4.69, 9.17) is 16.3 Å². The molecule has 0 radical (unpaired) electrons. The van der Waals surface area contributed by atoms with Crippen molar-refractivity contribution in [1.29, 1.82) is 0 Å². The number of rotatable bonds is 9. The zero-order valence-electron chi connectivity index (χ0n) is 15.1. The Morgan fingerprint density at radius 3 is 2.67 bits per heavy atom. The van der Waals surface area contributed by atoms with Crippen molar-refractivity contribution in [2.75, 3.05) is 33.4 Å². The zero-order valence-corrected chi connectivity index (χ0v) is 15.8. The van der Waals surface area contributed by atoms with Gasteiger partial charge in [0.25, 0.3) is 0 Å². The molecule has 0 spiro atoms. The molecular formula is C18H29ClFN3O. The van der Waals surface area contributed by atoms with Crippen LogP contribution in [0.25, 0.3) is 0 Å². The predicted octanol–water partition coefficient (Wildman–Crippen LogP) is 3.74. The van der Waals surface area contributed by atoms with E-state index in [1.54, 1.807) is 13.1 Å². The van der Waals surface area contributed by atoms with Crippen LogP contribution in [-0.2, 0) is 10.2 Å². The van der Waals surface area contributed by atoms with Gasteiger partial charge in [0.05, 0.1) is 0 Å². The molecule has 1 aromatic rings. The zero-order chi connectivity index (χ0) is 18.0. The fourth-order valence-corrected chi connectivity index (χ4v) is 2.76. The number of unbranched alkanes of at least 4 members (excludes halogenated alkanes) is 1. The van der Waals surface area contributed by atoms with Crippen LogP contribution < -0.4 is 10.6 Å². The maximum Gasteiger partial charge on any atom is 0.191 e. The third-order valence-electron chi connectivity index (χ3n) is 3.79. The second kappa shape index (κ2) is 10.5. The molecule has 0 saturated carbocycles. The van der Waals surface area contributed by atoms with Gasteiger partial charge in [0.2, 0.25) is 0 Å². The SMILES string of the molecule is CCOCCCCNC(=NC)NCC(C)(C)c1ccc(F)cc1Cl. The molecule has 0 fully saturated rings. The number of guanidine groups is 1. The Labute approximate surface area is 149 Å². The summed E-state index contributed by atoms with van der Waals surface area (Å²) in [7, 11) is 1.74. The van der Waals surface area contributed by atoms with Crippen molar-refractivity contribution in [3.8, 4) is 0 Å². The minimum Gasteiger partial charge on any atom is -0.382 e. The third-order valence-corrected chi connectivity index (χ3v) is 4.11. The Bertz CT molecular complexity index is 535. The Balaban J connectivity index is 2.46. The van der Waals surface area contributed by atoms with Crippen LogP contribution in [0.5, 0.6) is 0 Å². The van der Waals surface area contributed by atoms with Crippen molar-refractivity contribution >= 4 is 17.6 Å². The number of hydrogen-bond acceptors (Lipinski definition) is 2. The number of ether oxygens (including phenoxy) is 1. The van der Waals surface area contributed by atoms with Crippen molar-refractivity contribution in [1.82, 2.24) is 10.6 Å². The van der Waals surface area contributed by atoms with Crippen LogP contribution in [0.4, 0.5) is 4.39 Å². The standard InChI is InChI=1S/C18H29ClFN3O/c1-5-24-11-7-6-10-22-17(21-4)23-13-18(2,3)15-9-8-14(20)12-16(15)19/h8-9,12H,5-7,10-11,13H2,1-4H3,(H2,21,22,23). The Morgan fingerprint density at radius 2 is 2.04 bits per heavy atom. The molecule has 0 aliphatic heterocycles. The quantitative estimate of drug-likeness (QED) is 0.402. The molecule has 0 heterocycles. The van der Waals surface area contributed by atoms with Gasteiger partial charge in [-0.15, -0.1) is 0 Å². The fraction of sp³-hybridized carbons (Fsp3) is 0.611. The molecule has 0 aromatic heterocycles. The van der Waals surface area contributed by atoms with Gasteiger partial charge in [-0.3, -0.25) is 4.99 Å². The van der Waals surface area contributed by atoms with Crippen molar-refractivity contribution < 1.29 is 9.13 Å². The van der Waals surface area contributed by atoms with Gasteiger partial charge < -0.3 is 15.4 Å². The Kier molecular flexibility index (Phi) is 9.08. The van der Waals surface area contributed by atoms with Crippen LogP contribution in [0.15, 0.2) is 23.2 Å². The second-order valence-electron chi connectivity index (χ2n) is 6.26. The maximum atomic E-state index is 13.2. The summed E-state index contributed by atoms with van der Waals surface area (Å²) in [6.45, 7) is 9.15. The van der Waals surface area contributed by atoms with E-state index in [0.29, 0.717) is 11.6 Å². The van der Waals surface area contributed by atoms with Gasteiger partial charge in [0.15, 0.2) is 5.96 Å². The number of nitrogens with zero attached hydrogens (tertiary/aromatic N) is 1. The van der Waals surface area contributed by atoms with Gasteiger partial charge in [0.1, 0.15) is 5.82 Å². The van der Waals surface area contributed by atoms with E-state index in [9.17, 15) is 4.39 Å². The van der Waals surface area contributed by atoms with E-state index in [1.807, 2.05) is 6.92 Å². The van der Waals surface area contributed by atoms with Crippen molar-refractivity contribution in [2.45, 2.75) is 39.0 Å². The number of benzene rings is 1. The van der Waals surface area contributed by atoms with E-state index in [0.717, 1.165) is 44.1 Å². The summed E-state index contributed by atoms with van der Waals surface area (Å²) in [5, 5.41) is 7.04. The van der Waals surface area contributed by atoms with Gasteiger partial charge >= 0.3 is 0 Å². The van der Waals surface area contributed by atoms with Gasteiger partial charge in [0, 0.05) is 43.8 Å². The molecule has 0 atom stereocenters. The van der Waals surface area contributed by atoms with Crippen molar-refractivity contribution in [3.63, 3.8) is 0 Å². The minimum absolute atomic E-state index is 0.253. The smallest absolute Gasteiger partial charge is 0.191 e. The highest BCUT2D eigenvalue weighted by Gasteiger charge is 2.23. The molecule has 6 heteroatoms. The Morgan fingerprint density at radius 1 is 1.29 bits per heavy atom. The van der Waals surface area contributed by atoms with Crippen LogP contribution in [0.3, 0.4) is 0 Å². The molecule has 0 aliphatic carbocycles. The summed E-state index contributed by atoms with van der Waals surface area (Å²) in [5.74, 6) is 0.426. The van der Waals surface area contributed by atoms with Crippen LogP contribution in [0.2, 0.25) is 5.02 Å². The number of aliphatic imine (C=N–C) groups is 1. The second-order valence-corrected chi connectivity index (χ2v) is 6.67. The lowest BCUT2D eigenvalue weighted by Gasteiger charge is -2.27. The molecule has 24 heavy (non-hydrogen) atoms. The maximum absolute atomic E-state index is 13.2. The first-order chi connectivity index (χ1) is 11.4. The first kappa shape index (κ1) is 20.7. The highest BCUT2D eigenvalue weighted by atomic mass is 35.5. The highest BCUT2D eigenvalue weighted by Crippen LogP contribution is 2.29. The van der Waals surface area contributed by atoms with Crippen LogP contribution in [0.1, 0.15) is 39.2 Å². The lowest BCUT2D eigenvalue weighted by atomic mass is 9.84. The summed E-state index contributed by atoms with van der Waals surface area (Å²) >= 11 is 6.18. The number of nitrogens with one attached hydrogen (secondary N) is 2. The fourth-order valence-electron chi connectivity index (χ4n) is 2.34. The highest BCUT2D eigenvalue weighted by molar-refractivity contribution is 6.31. The van der Waals surface area contributed by atoms with E-state index in [1.165, 1.54) is 12.1 Å². The van der Waals surface area contributed by atoms with Crippen LogP contribution >= 0.6 is 11.6 Å². The van der Waals surface area contributed by atoms with E-state index in [-0.39, 0.29) is 11.2 Å². The van der Waals surface area contributed by atoms with Crippen molar-refractivity contribution in [3.05, 3.63) is 34.6 Å². The molecule has 4 nitrogen and oxygen atoms in total. The van der Waals surface area contributed by atoms with E-state index < -0.39 is 0 Å². The molecule has 0 amide bonds. The van der Waals surface area contributed by atoms with Gasteiger partial charge in [-0.05, 0) is 37.5 Å². The largest absolute Gasteiger partial charge is 0.382 e. The molecule has 0 aliphatic rings. The Hall–Kier alpha value is -1.33. The number of hydrogen-bond donors (Lipinski definition) is 2. The topological polar surface area (TPSA) is 45.6 Å². The van der Waals surface area contributed by atoms with Gasteiger partial charge in [-0.25, -0.2) is 4.39 Å². The van der Waals surface area contributed by atoms with Crippen LogP contribution in [0, 0.1) is 5.82 Å². The monoisotopic (exact) mass is 357 g/mol. The summed E-state index contributed by atoms with van der Waals surface area (Å²) in [4.78, 5) is 4.23. The molecule has 0 saturated heterocycles. The van der Waals surface area contributed by atoms with Crippen molar-refractivity contribution in [2.24, 2.45) is 4.99 Å². The summed E-state index contributed by atoms with van der Waals surface area (Å²) < 4.78 is 18.5. The van der Waals surface area contributed by atoms with Gasteiger partial charge in [-0.2, -0.15) is 0 Å². The summed E-state index contributed by atoms with van der Waals surface area (Å²) in [6.07, 6.45) is 2.04. The molecule has 1 rings (SSSR count). The first-order valence-electron chi connectivity index (χ1n) is 8.38. The molecule has 2 N–H and O–H groups in total. The molecule has 136 valence electrons. The van der Waals surface area contributed by atoms with Gasteiger partial charge in [-0.1, -0.05) is 31.5 Å². The van der Waals surface area contributed by atoms with E-state index in [2.05, 4.69) is 29.5 Å².